The maximum Gasteiger partial charge on any atom is 0.144 e. The Kier molecular flexibility index (Phi) is 2.74. The molecule has 1 rings (SSSR count). The molecular weight excluding hydrogens is 161 g/mol. The van der Waals surface area contributed by atoms with Gasteiger partial charge in [-0.2, -0.15) is 0 Å². The zero-order valence-electron chi connectivity index (χ0n) is 7.16. The first-order valence-corrected chi connectivity index (χ1v) is 6.54. The van der Waals surface area contributed by atoms with Crippen LogP contribution in [0, 0.1) is 0 Å². The van der Waals surface area contributed by atoms with Gasteiger partial charge in [-0.25, -0.2) is 4.67 Å². The third-order valence-corrected chi connectivity index (χ3v) is 3.94. The number of nitrogens with zero attached hydrogens (tertiary/aromatic N) is 1. The van der Waals surface area contributed by atoms with Crippen molar-refractivity contribution in [2.24, 2.45) is 0 Å². The Morgan fingerprint density at radius 2 is 2.27 bits per heavy atom. The van der Waals surface area contributed by atoms with E-state index >= 15 is 0 Å². The summed E-state index contributed by atoms with van der Waals surface area (Å²) in [5, 5.41) is 8.94. The second-order valence-corrected chi connectivity index (χ2v) is 6.54. The fourth-order valence-electron chi connectivity index (χ4n) is 1.64. The molecule has 0 aromatic heterocycles. The van der Waals surface area contributed by atoms with E-state index in [1.165, 1.54) is 0 Å². The predicted molar refractivity (Wildman–Crippen MR) is 46.3 cm³/mol. The quantitative estimate of drug-likeness (QED) is 0.639. The van der Waals surface area contributed by atoms with Crippen LogP contribution in [0.4, 0.5) is 0 Å². The van der Waals surface area contributed by atoms with Crippen molar-refractivity contribution in [3.63, 3.8) is 0 Å². The van der Waals surface area contributed by atoms with Gasteiger partial charge in [0.1, 0.15) is 7.29 Å². The standard InChI is InChI=1S/C7H16NO2P/c1-11(2,10)8-5-3-4-7(8)6-9/h7,9H,3-6H2,1-2H3/t7-/m0/s1. The van der Waals surface area contributed by atoms with Crippen LogP contribution in [0.5, 0.6) is 0 Å². The van der Waals surface area contributed by atoms with Crippen LogP contribution < -0.4 is 0 Å². The van der Waals surface area contributed by atoms with Gasteiger partial charge in [-0.15, -0.1) is 0 Å². The van der Waals surface area contributed by atoms with E-state index < -0.39 is 7.29 Å². The Morgan fingerprint density at radius 1 is 1.64 bits per heavy atom. The van der Waals surface area contributed by atoms with Gasteiger partial charge >= 0.3 is 0 Å². The molecule has 0 spiro atoms. The molecule has 1 atom stereocenters. The molecule has 0 saturated carbocycles. The molecule has 3 nitrogen and oxygen atoms in total. The topological polar surface area (TPSA) is 40.5 Å². The molecule has 0 aliphatic carbocycles. The Labute approximate surface area is 67.8 Å². The van der Waals surface area contributed by atoms with Gasteiger partial charge in [-0.05, 0) is 12.8 Å². The Bertz CT molecular complexity index is 177. The van der Waals surface area contributed by atoms with Crippen molar-refractivity contribution in [2.75, 3.05) is 26.5 Å². The van der Waals surface area contributed by atoms with Gasteiger partial charge in [0.05, 0.1) is 6.61 Å². The van der Waals surface area contributed by atoms with Crippen molar-refractivity contribution >= 4 is 7.29 Å². The first kappa shape index (κ1) is 9.24. The van der Waals surface area contributed by atoms with Crippen molar-refractivity contribution in [1.82, 2.24) is 4.67 Å². The highest BCUT2D eigenvalue weighted by molar-refractivity contribution is 7.59. The van der Waals surface area contributed by atoms with E-state index in [0.717, 1.165) is 19.4 Å². The van der Waals surface area contributed by atoms with Crippen LogP contribution >= 0.6 is 7.29 Å². The monoisotopic (exact) mass is 177 g/mol. The molecule has 1 heterocycles. The zero-order chi connectivity index (χ0) is 8.48. The molecule has 1 saturated heterocycles. The molecule has 4 heteroatoms. The summed E-state index contributed by atoms with van der Waals surface area (Å²) in [6, 6.07) is 0.149. The third kappa shape index (κ3) is 2.05. The number of aliphatic hydroxyl groups excluding tert-OH is 1. The highest BCUT2D eigenvalue weighted by Crippen LogP contribution is 2.46. The Balaban J connectivity index is 2.64. The summed E-state index contributed by atoms with van der Waals surface area (Å²) in [7, 11) is -2.11. The molecule has 1 aliphatic heterocycles. The lowest BCUT2D eigenvalue weighted by Gasteiger charge is -2.26. The van der Waals surface area contributed by atoms with Gasteiger partial charge in [0.25, 0.3) is 0 Å². The van der Waals surface area contributed by atoms with E-state index in [0.29, 0.717) is 0 Å². The van der Waals surface area contributed by atoms with Crippen LogP contribution in [-0.4, -0.2) is 42.3 Å². The zero-order valence-corrected chi connectivity index (χ0v) is 8.05. The molecule has 1 aliphatic rings. The van der Waals surface area contributed by atoms with Crippen molar-refractivity contribution < 1.29 is 9.67 Å². The fraction of sp³-hybridized carbons (Fsp3) is 1.00. The van der Waals surface area contributed by atoms with Gasteiger partial charge < -0.3 is 9.67 Å². The van der Waals surface area contributed by atoms with Gasteiger partial charge in [-0.1, -0.05) is 0 Å². The molecule has 0 aromatic rings. The highest BCUT2D eigenvalue weighted by atomic mass is 31.2. The molecule has 0 bridgehead atoms. The van der Waals surface area contributed by atoms with E-state index in [1.54, 1.807) is 13.3 Å². The predicted octanol–water partition coefficient (Wildman–Crippen LogP) is 0.981. The summed E-state index contributed by atoms with van der Waals surface area (Å²) in [6.45, 7) is 4.56. The van der Waals surface area contributed by atoms with Crippen molar-refractivity contribution in [3.05, 3.63) is 0 Å². The molecule has 1 fully saturated rings. The van der Waals surface area contributed by atoms with E-state index in [4.69, 9.17) is 5.11 Å². The highest BCUT2D eigenvalue weighted by Gasteiger charge is 2.31. The number of rotatable bonds is 2. The van der Waals surface area contributed by atoms with E-state index in [1.807, 2.05) is 4.67 Å². The minimum Gasteiger partial charge on any atom is -0.395 e. The van der Waals surface area contributed by atoms with E-state index in [2.05, 4.69) is 0 Å². The number of aliphatic hydroxyl groups is 1. The minimum atomic E-state index is -2.11. The summed E-state index contributed by atoms with van der Waals surface area (Å²) in [6.07, 6.45) is 2.05. The van der Waals surface area contributed by atoms with E-state index in [-0.39, 0.29) is 12.6 Å². The summed E-state index contributed by atoms with van der Waals surface area (Å²) >= 11 is 0. The molecule has 1 N–H and O–H groups in total. The molecule has 0 aromatic carbocycles. The second-order valence-electron chi connectivity index (χ2n) is 3.44. The van der Waals surface area contributed by atoms with Gasteiger partial charge in [0, 0.05) is 25.9 Å². The van der Waals surface area contributed by atoms with Gasteiger partial charge in [-0.3, -0.25) is 0 Å². The van der Waals surface area contributed by atoms with Crippen LogP contribution in [0.1, 0.15) is 12.8 Å². The Morgan fingerprint density at radius 3 is 2.64 bits per heavy atom. The van der Waals surface area contributed by atoms with Crippen molar-refractivity contribution in [1.29, 1.82) is 0 Å². The molecule has 0 amide bonds. The molecular formula is C7H16NO2P. The lowest BCUT2D eigenvalue weighted by atomic mass is 10.2. The van der Waals surface area contributed by atoms with Crippen molar-refractivity contribution in [3.8, 4) is 0 Å². The van der Waals surface area contributed by atoms with Crippen LogP contribution in [0.3, 0.4) is 0 Å². The lowest BCUT2D eigenvalue weighted by molar-refractivity contribution is 0.213. The smallest absolute Gasteiger partial charge is 0.144 e. The molecule has 0 radical (unpaired) electrons. The molecule has 11 heavy (non-hydrogen) atoms. The van der Waals surface area contributed by atoms with Gasteiger partial charge in [0.2, 0.25) is 0 Å². The average Bonchev–Trinajstić information content (AvgIpc) is 2.31. The van der Waals surface area contributed by atoms with Crippen LogP contribution in [-0.2, 0) is 4.57 Å². The molecule has 0 unspecified atom stereocenters. The number of hydrogen-bond donors (Lipinski definition) is 1. The second kappa shape index (κ2) is 3.26. The van der Waals surface area contributed by atoms with Crippen molar-refractivity contribution in [2.45, 2.75) is 18.9 Å². The van der Waals surface area contributed by atoms with Crippen LogP contribution in [0.2, 0.25) is 0 Å². The minimum absolute atomic E-state index is 0.145. The molecule has 66 valence electrons. The fourth-order valence-corrected chi connectivity index (χ4v) is 3.24. The van der Waals surface area contributed by atoms with Crippen LogP contribution in [0.15, 0.2) is 0 Å². The first-order chi connectivity index (χ1) is 5.05. The van der Waals surface area contributed by atoms with Gasteiger partial charge in [0.15, 0.2) is 0 Å². The number of hydrogen-bond acceptors (Lipinski definition) is 2. The van der Waals surface area contributed by atoms with Crippen LogP contribution in [0.25, 0.3) is 0 Å². The Hall–Kier alpha value is 0.150. The normalized spacial score (nSPS) is 27.7. The average molecular weight is 177 g/mol. The van der Waals surface area contributed by atoms with E-state index in [9.17, 15) is 4.57 Å². The first-order valence-electron chi connectivity index (χ1n) is 3.98. The SMILES string of the molecule is CP(C)(=O)N1CCC[C@H]1CO. The summed E-state index contributed by atoms with van der Waals surface area (Å²) in [4.78, 5) is 0. The summed E-state index contributed by atoms with van der Waals surface area (Å²) in [5.41, 5.74) is 0. The maximum absolute atomic E-state index is 11.6. The summed E-state index contributed by atoms with van der Waals surface area (Å²) < 4.78 is 13.6. The third-order valence-electron chi connectivity index (χ3n) is 2.18. The largest absolute Gasteiger partial charge is 0.395 e. The lowest BCUT2D eigenvalue weighted by Crippen LogP contribution is -2.28. The summed E-state index contributed by atoms with van der Waals surface area (Å²) in [5.74, 6) is 0. The maximum atomic E-state index is 11.6.